The van der Waals surface area contributed by atoms with Gasteiger partial charge in [0.05, 0.1) is 19.8 Å². The zero-order chi connectivity index (χ0) is 9.97. The summed E-state index contributed by atoms with van der Waals surface area (Å²) < 4.78 is 10.2. The number of rotatable bonds is 4. The molecule has 0 amide bonds. The van der Waals surface area contributed by atoms with Gasteiger partial charge in [-0.25, -0.2) is 0 Å². The number of ether oxygens (including phenoxy) is 2. The minimum Gasteiger partial charge on any atom is -0.468 e. The first-order valence-corrected chi connectivity index (χ1v) is 5.23. The van der Waals surface area contributed by atoms with Crippen LogP contribution in [0.15, 0.2) is 0 Å². The summed E-state index contributed by atoms with van der Waals surface area (Å²) >= 11 is 0. The first-order valence-electron chi connectivity index (χ1n) is 5.23. The molecule has 1 N–H and O–H groups in total. The molecule has 1 saturated carbocycles. The lowest BCUT2D eigenvalue weighted by Crippen LogP contribution is -2.40. The monoisotopic (exact) mass is 199 g/mol. The summed E-state index contributed by atoms with van der Waals surface area (Å²) in [6, 6.07) is 0.349. The molecule has 0 aromatic carbocycles. The molecule has 14 heavy (non-hydrogen) atoms. The van der Waals surface area contributed by atoms with E-state index in [-0.39, 0.29) is 5.97 Å². The second kappa shape index (κ2) is 4.28. The number of carbonyl (C=O) groups excluding carboxylic acids is 1. The normalized spacial score (nSPS) is 31.8. The molecule has 1 heterocycles. The van der Waals surface area contributed by atoms with Gasteiger partial charge in [-0.05, 0) is 25.2 Å². The minimum absolute atomic E-state index is 0.202. The summed E-state index contributed by atoms with van der Waals surface area (Å²) in [6.45, 7) is 1.12. The molecular weight excluding hydrogens is 182 g/mol. The van der Waals surface area contributed by atoms with Crippen LogP contribution in [-0.4, -0.2) is 38.4 Å². The molecule has 1 aliphatic carbocycles. The van der Waals surface area contributed by atoms with Crippen molar-refractivity contribution in [3.8, 4) is 0 Å². The number of nitrogens with one attached hydrogen (secondary N) is 1. The summed E-state index contributed by atoms with van der Waals surface area (Å²) in [5.41, 5.74) is 0. The summed E-state index contributed by atoms with van der Waals surface area (Å²) in [5.74, 6) is 0.527. The van der Waals surface area contributed by atoms with Gasteiger partial charge in [-0.15, -0.1) is 0 Å². The zero-order valence-electron chi connectivity index (χ0n) is 8.49. The van der Waals surface area contributed by atoms with Crippen LogP contribution in [0.25, 0.3) is 0 Å². The Morgan fingerprint density at radius 3 is 2.93 bits per heavy atom. The van der Waals surface area contributed by atoms with Gasteiger partial charge in [0.15, 0.2) is 0 Å². The molecule has 0 radical (unpaired) electrons. The summed E-state index contributed by atoms with van der Waals surface area (Å²) in [7, 11) is 1.41. The molecular formula is C10H17NO3. The Balaban J connectivity index is 1.75. The van der Waals surface area contributed by atoms with Gasteiger partial charge in [-0.2, -0.15) is 0 Å². The predicted octanol–water partition coefficient (Wildman–Crippen LogP) is 0.316. The molecule has 2 rings (SSSR count). The van der Waals surface area contributed by atoms with Crippen molar-refractivity contribution in [2.45, 2.75) is 31.4 Å². The van der Waals surface area contributed by atoms with Gasteiger partial charge in [-0.3, -0.25) is 4.79 Å². The highest BCUT2D eigenvalue weighted by Crippen LogP contribution is 2.38. The highest BCUT2D eigenvalue weighted by atomic mass is 16.5. The SMILES string of the molecule is COC(=O)CNC1CCOC1C1CC1. The van der Waals surface area contributed by atoms with Crippen molar-refractivity contribution < 1.29 is 14.3 Å². The molecule has 4 heteroatoms. The first kappa shape index (κ1) is 9.93. The maximum absolute atomic E-state index is 10.9. The lowest BCUT2D eigenvalue weighted by Gasteiger charge is -2.18. The molecule has 0 aromatic heterocycles. The number of hydrogen-bond donors (Lipinski definition) is 1. The second-order valence-corrected chi connectivity index (χ2v) is 4.03. The molecule has 2 atom stereocenters. The maximum atomic E-state index is 10.9. The van der Waals surface area contributed by atoms with Gasteiger partial charge >= 0.3 is 5.97 Å². The smallest absolute Gasteiger partial charge is 0.319 e. The van der Waals surface area contributed by atoms with E-state index in [1.54, 1.807) is 0 Å². The molecule has 0 spiro atoms. The van der Waals surface area contributed by atoms with E-state index in [1.165, 1.54) is 20.0 Å². The topological polar surface area (TPSA) is 47.6 Å². The summed E-state index contributed by atoms with van der Waals surface area (Å²) in [5, 5.41) is 3.20. The van der Waals surface area contributed by atoms with Crippen LogP contribution in [0.4, 0.5) is 0 Å². The lowest BCUT2D eigenvalue weighted by atomic mass is 10.1. The molecule has 2 fully saturated rings. The number of carbonyl (C=O) groups is 1. The largest absolute Gasteiger partial charge is 0.468 e. The Hall–Kier alpha value is -0.610. The summed E-state index contributed by atoms with van der Waals surface area (Å²) in [6.07, 6.45) is 3.90. The van der Waals surface area contributed by atoms with Gasteiger partial charge in [0.25, 0.3) is 0 Å². The van der Waals surface area contributed by atoms with Crippen LogP contribution in [0, 0.1) is 5.92 Å². The molecule has 2 unspecified atom stereocenters. The average Bonchev–Trinajstić information content (AvgIpc) is 2.94. The number of esters is 1. The Kier molecular flexibility index (Phi) is 3.03. The van der Waals surface area contributed by atoms with Crippen molar-refractivity contribution in [2.75, 3.05) is 20.3 Å². The quantitative estimate of drug-likeness (QED) is 0.662. The van der Waals surface area contributed by atoms with Crippen LogP contribution in [0.5, 0.6) is 0 Å². The Labute approximate surface area is 84.0 Å². The third-order valence-corrected chi connectivity index (χ3v) is 2.96. The van der Waals surface area contributed by atoms with E-state index in [1.807, 2.05) is 0 Å². The van der Waals surface area contributed by atoms with Gasteiger partial charge in [-0.1, -0.05) is 0 Å². The van der Waals surface area contributed by atoms with Crippen molar-refractivity contribution in [1.82, 2.24) is 5.32 Å². The van der Waals surface area contributed by atoms with Crippen LogP contribution >= 0.6 is 0 Å². The van der Waals surface area contributed by atoms with Crippen LogP contribution < -0.4 is 5.32 Å². The van der Waals surface area contributed by atoms with Crippen molar-refractivity contribution >= 4 is 5.97 Å². The summed E-state index contributed by atoms with van der Waals surface area (Å²) in [4.78, 5) is 10.9. The predicted molar refractivity (Wildman–Crippen MR) is 50.9 cm³/mol. The number of methoxy groups -OCH3 is 1. The fourth-order valence-electron chi connectivity index (χ4n) is 2.01. The van der Waals surface area contributed by atoms with E-state index >= 15 is 0 Å². The van der Waals surface area contributed by atoms with Crippen LogP contribution in [0.1, 0.15) is 19.3 Å². The highest BCUT2D eigenvalue weighted by molar-refractivity contribution is 5.71. The molecule has 1 saturated heterocycles. The van der Waals surface area contributed by atoms with Gasteiger partial charge in [0, 0.05) is 12.6 Å². The third-order valence-electron chi connectivity index (χ3n) is 2.96. The van der Waals surface area contributed by atoms with E-state index in [2.05, 4.69) is 10.1 Å². The first-order chi connectivity index (χ1) is 6.81. The van der Waals surface area contributed by atoms with Gasteiger partial charge in [0.2, 0.25) is 0 Å². The van der Waals surface area contributed by atoms with Crippen LogP contribution in [0.2, 0.25) is 0 Å². The van der Waals surface area contributed by atoms with Crippen molar-refractivity contribution in [2.24, 2.45) is 5.92 Å². The minimum atomic E-state index is -0.202. The average molecular weight is 199 g/mol. The van der Waals surface area contributed by atoms with Crippen LogP contribution in [-0.2, 0) is 14.3 Å². The fraction of sp³-hybridized carbons (Fsp3) is 0.900. The molecule has 4 nitrogen and oxygen atoms in total. The molecule has 80 valence electrons. The fourth-order valence-corrected chi connectivity index (χ4v) is 2.01. The standard InChI is InChI=1S/C10H17NO3/c1-13-9(12)6-11-8-4-5-14-10(8)7-2-3-7/h7-8,10-11H,2-6H2,1H3. The molecule has 1 aliphatic heterocycles. The molecule has 0 aromatic rings. The second-order valence-electron chi connectivity index (χ2n) is 4.03. The third kappa shape index (κ3) is 2.25. The van der Waals surface area contributed by atoms with E-state index in [0.29, 0.717) is 18.7 Å². The Morgan fingerprint density at radius 2 is 2.29 bits per heavy atom. The van der Waals surface area contributed by atoms with Gasteiger partial charge in [0.1, 0.15) is 0 Å². The lowest BCUT2D eigenvalue weighted by molar-refractivity contribution is -0.139. The Bertz CT molecular complexity index is 215. The van der Waals surface area contributed by atoms with Crippen molar-refractivity contribution in [3.63, 3.8) is 0 Å². The van der Waals surface area contributed by atoms with E-state index in [0.717, 1.165) is 18.9 Å². The van der Waals surface area contributed by atoms with Crippen LogP contribution in [0.3, 0.4) is 0 Å². The molecule has 2 aliphatic rings. The zero-order valence-corrected chi connectivity index (χ0v) is 8.49. The van der Waals surface area contributed by atoms with E-state index in [9.17, 15) is 4.79 Å². The maximum Gasteiger partial charge on any atom is 0.319 e. The number of hydrogen-bond acceptors (Lipinski definition) is 4. The highest BCUT2D eigenvalue weighted by Gasteiger charge is 2.40. The Morgan fingerprint density at radius 1 is 1.50 bits per heavy atom. The van der Waals surface area contributed by atoms with E-state index < -0.39 is 0 Å². The molecule has 0 bridgehead atoms. The van der Waals surface area contributed by atoms with Crippen molar-refractivity contribution in [3.05, 3.63) is 0 Å². The van der Waals surface area contributed by atoms with Gasteiger partial charge < -0.3 is 14.8 Å². The van der Waals surface area contributed by atoms with Crippen molar-refractivity contribution in [1.29, 1.82) is 0 Å². The van der Waals surface area contributed by atoms with E-state index in [4.69, 9.17) is 4.74 Å².